The fourth-order valence-corrected chi connectivity index (χ4v) is 7.15. The average Bonchev–Trinajstić information content (AvgIpc) is 2.99. The Morgan fingerprint density at radius 1 is 0.771 bits per heavy atom. The van der Waals surface area contributed by atoms with Gasteiger partial charge in [0.25, 0.3) is 0 Å². The van der Waals surface area contributed by atoms with E-state index >= 15 is 0 Å². The van der Waals surface area contributed by atoms with Crippen LogP contribution in [0.5, 0.6) is 5.75 Å². The summed E-state index contributed by atoms with van der Waals surface area (Å²) in [7, 11) is -6.68. The van der Waals surface area contributed by atoms with Crippen LogP contribution in [-0.2, 0) is 41.7 Å². The van der Waals surface area contributed by atoms with Gasteiger partial charge in [-0.1, -0.05) is 32.9 Å². The quantitative estimate of drug-likeness (QED) is 0.142. The van der Waals surface area contributed by atoms with E-state index in [0.29, 0.717) is 9.79 Å². The molecule has 1 N–H and O–H groups in total. The highest BCUT2D eigenvalue weighted by molar-refractivity contribution is 7.97. The number of hydrogen-bond donors (Lipinski definition) is 1. The monoisotopic (exact) mass is 729 g/mol. The number of rotatable bonds is 8. The Bertz CT molecular complexity index is 1670. The Morgan fingerprint density at radius 3 is 1.56 bits per heavy atom. The van der Waals surface area contributed by atoms with Crippen molar-refractivity contribution in [1.82, 2.24) is 0 Å². The smallest absolute Gasteiger partial charge is 0.405 e. The Kier molecular flexibility index (Phi) is 10.1. The first kappa shape index (κ1) is 37.9. The zero-order valence-electron chi connectivity index (χ0n) is 26.2. The average molecular weight is 730 g/mol. The maximum atomic E-state index is 14.1. The molecule has 3 aromatic carbocycles. The van der Waals surface area contributed by atoms with Gasteiger partial charge in [0.1, 0.15) is 19.0 Å². The summed E-state index contributed by atoms with van der Waals surface area (Å²) in [5, 5.41) is -4.58. The van der Waals surface area contributed by atoms with E-state index in [1.807, 2.05) is 45.0 Å². The maximum Gasteiger partial charge on any atom is 0.405 e. The molecule has 0 radical (unpaired) electrons. The summed E-state index contributed by atoms with van der Waals surface area (Å²) in [6.07, 6.45) is -2.24. The van der Waals surface area contributed by atoms with E-state index in [-0.39, 0.29) is 16.7 Å². The fourth-order valence-electron chi connectivity index (χ4n) is 4.64. The predicted molar refractivity (Wildman–Crippen MR) is 161 cm³/mol. The molecule has 6 nitrogen and oxygen atoms in total. The minimum absolute atomic E-state index is 0.00723. The highest BCUT2D eigenvalue weighted by Crippen LogP contribution is 2.49. The first-order chi connectivity index (χ1) is 21.8. The van der Waals surface area contributed by atoms with E-state index in [2.05, 4.69) is 0 Å². The van der Waals surface area contributed by atoms with Crippen LogP contribution in [0.1, 0.15) is 45.7 Å². The van der Waals surface area contributed by atoms with Gasteiger partial charge in [0.2, 0.25) is 0 Å². The third-order valence-electron chi connectivity index (χ3n) is 7.74. The fraction of sp³-hybridized carbons (Fsp3) is 0.438. The molecule has 1 aliphatic rings. The van der Waals surface area contributed by atoms with E-state index in [1.165, 1.54) is 24.3 Å². The zero-order chi connectivity index (χ0) is 36.1. The molecule has 0 spiro atoms. The standard InChI is InChI=1S/C32H32F8O6S2/c1-20(31(37,38)48(41,42)43)46-23-10-16-26(17-11-23)47(24-12-6-21(7-13-24)27(2,3)4)25-14-8-22(9-15-25)28(5)44-18-29(33,34)32(39,40)30(35,36)19-45-28/h6-17,20H,18-19H2,1-5H3/p+1. The van der Waals surface area contributed by atoms with Crippen LogP contribution in [0, 0.1) is 0 Å². The van der Waals surface area contributed by atoms with Crippen LogP contribution < -0.4 is 4.74 Å². The molecule has 0 amide bonds. The molecule has 1 saturated heterocycles. The van der Waals surface area contributed by atoms with Crippen molar-refractivity contribution in [3.05, 3.63) is 83.9 Å². The van der Waals surface area contributed by atoms with Gasteiger partial charge < -0.3 is 14.2 Å². The Balaban J connectivity index is 1.70. The van der Waals surface area contributed by atoms with Gasteiger partial charge in [-0.3, -0.25) is 4.55 Å². The molecule has 48 heavy (non-hydrogen) atoms. The van der Waals surface area contributed by atoms with Crippen molar-refractivity contribution in [3.63, 3.8) is 0 Å². The highest BCUT2D eigenvalue weighted by Gasteiger charge is 2.73. The van der Waals surface area contributed by atoms with Crippen molar-refractivity contribution in [1.29, 1.82) is 0 Å². The van der Waals surface area contributed by atoms with Gasteiger partial charge >= 0.3 is 33.1 Å². The lowest BCUT2D eigenvalue weighted by Gasteiger charge is -2.40. The van der Waals surface area contributed by atoms with E-state index < -0.39 is 69.1 Å². The van der Waals surface area contributed by atoms with Crippen molar-refractivity contribution in [2.24, 2.45) is 0 Å². The summed E-state index contributed by atoms with van der Waals surface area (Å²) < 4.78 is 159. The van der Waals surface area contributed by atoms with Gasteiger partial charge in [0.05, 0.1) is 10.9 Å². The molecule has 264 valence electrons. The van der Waals surface area contributed by atoms with Gasteiger partial charge in [0, 0.05) is 5.56 Å². The molecule has 2 unspecified atom stereocenters. The minimum atomic E-state index is -5.75. The molecule has 0 aliphatic carbocycles. The van der Waals surface area contributed by atoms with Gasteiger partial charge in [-0.2, -0.15) is 43.5 Å². The Hall–Kier alpha value is -2.92. The Labute approximate surface area is 275 Å². The molecule has 1 heterocycles. The molecule has 1 fully saturated rings. The number of halogens is 8. The van der Waals surface area contributed by atoms with E-state index in [0.717, 1.165) is 24.3 Å². The lowest BCUT2D eigenvalue weighted by Crippen LogP contribution is -2.61. The first-order valence-corrected chi connectivity index (χ1v) is 17.0. The van der Waals surface area contributed by atoms with Crippen molar-refractivity contribution < 1.29 is 62.3 Å². The van der Waals surface area contributed by atoms with Crippen molar-refractivity contribution in [2.45, 2.75) is 89.6 Å². The second-order valence-corrected chi connectivity index (χ2v) is 15.9. The number of alkyl halides is 8. The van der Waals surface area contributed by atoms with E-state index in [1.54, 1.807) is 24.3 Å². The third kappa shape index (κ3) is 7.32. The molecular formula is C32H33F8O6S2+. The largest absolute Gasteiger partial charge is 0.483 e. The number of benzene rings is 3. The van der Waals surface area contributed by atoms with Crippen molar-refractivity contribution in [3.8, 4) is 5.75 Å². The minimum Gasteiger partial charge on any atom is -0.483 e. The summed E-state index contributed by atoms with van der Waals surface area (Å²) in [4.78, 5) is 2.01. The van der Waals surface area contributed by atoms with Crippen LogP contribution in [0.4, 0.5) is 35.1 Å². The molecule has 0 saturated carbocycles. The molecular weight excluding hydrogens is 696 g/mol. The predicted octanol–water partition coefficient (Wildman–Crippen LogP) is 8.45. The SMILES string of the molecule is CC(Oc1ccc([S+](c2ccc(C(C)(C)C)cc2)c2ccc(C3(C)OCC(F)(F)C(F)(F)C(F)(F)CO3)cc2)cc1)C(F)(F)S(=O)(=O)O. The Morgan fingerprint density at radius 2 is 1.17 bits per heavy atom. The third-order valence-corrected chi connectivity index (χ3v) is 11.0. The van der Waals surface area contributed by atoms with Crippen LogP contribution >= 0.6 is 0 Å². The first-order valence-electron chi connectivity index (χ1n) is 14.3. The second kappa shape index (κ2) is 12.8. The van der Waals surface area contributed by atoms with Crippen LogP contribution in [0.2, 0.25) is 0 Å². The summed E-state index contributed by atoms with van der Waals surface area (Å²) in [5.41, 5.74) is 0.837. The summed E-state index contributed by atoms with van der Waals surface area (Å²) in [6, 6.07) is 19.2. The van der Waals surface area contributed by atoms with Crippen LogP contribution in [-0.4, -0.2) is 55.3 Å². The molecule has 2 atom stereocenters. The van der Waals surface area contributed by atoms with E-state index in [4.69, 9.17) is 18.8 Å². The van der Waals surface area contributed by atoms with Gasteiger partial charge in [-0.15, -0.1) is 0 Å². The topological polar surface area (TPSA) is 82.1 Å². The molecule has 3 aromatic rings. The highest BCUT2D eigenvalue weighted by atomic mass is 32.2. The van der Waals surface area contributed by atoms with Crippen LogP contribution in [0.25, 0.3) is 0 Å². The van der Waals surface area contributed by atoms with Gasteiger partial charge in [0.15, 0.2) is 26.6 Å². The summed E-state index contributed by atoms with van der Waals surface area (Å²) in [5.74, 6) is -18.5. The maximum absolute atomic E-state index is 14.1. The zero-order valence-corrected chi connectivity index (χ0v) is 27.9. The van der Waals surface area contributed by atoms with Crippen LogP contribution in [0.15, 0.2) is 87.5 Å². The molecule has 0 aromatic heterocycles. The molecule has 0 bridgehead atoms. The second-order valence-electron chi connectivity index (χ2n) is 12.4. The number of hydrogen-bond acceptors (Lipinski definition) is 5. The lowest BCUT2D eigenvalue weighted by atomic mass is 9.87. The molecule has 1 aliphatic heterocycles. The van der Waals surface area contributed by atoms with Gasteiger partial charge in [-0.05, 0) is 85.5 Å². The normalized spacial score (nSPS) is 20.6. The van der Waals surface area contributed by atoms with Crippen molar-refractivity contribution in [2.75, 3.05) is 13.2 Å². The molecule has 4 rings (SSSR count). The molecule has 16 heteroatoms. The summed E-state index contributed by atoms with van der Waals surface area (Å²) in [6.45, 7) is 3.84. The lowest BCUT2D eigenvalue weighted by molar-refractivity contribution is -0.387. The number of ether oxygens (including phenoxy) is 3. The summed E-state index contributed by atoms with van der Waals surface area (Å²) >= 11 is 0. The van der Waals surface area contributed by atoms with E-state index in [9.17, 15) is 43.5 Å². The van der Waals surface area contributed by atoms with Crippen molar-refractivity contribution >= 4 is 21.0 Å². The van der Waals surface area contributed by atoms with Gasteiger partial charge in [-0.25, -0.2) is 0 Å². The van der Waals surface area contributed by atoms with Crippen LogP contribution in [0.3, 0.4) is 0 Å².